The third kappa shape index (κ3) is 4.22. The Bertz CT molecular complexity index is 846. The summed E-state index contributed by atoms with van der Waals surface area (Å²) in [6, 6.07) is 6.22. The van der Waals surface area contributed by atoms with Gasteiger partial charge in [-0.15, -0.1) is 0 Å². The first-order chi connectivity index (χ1) is 13.7. The van der Waals surface area contributed by atoms with E-state index in [2.05, 4.69) is 10.6 Å². The molecule has 29 heavy (non-hydrogen) atoms. The summed E-state index contributed by atoms with van der Waals surface area (Å²) >= 11 is 6.01. The minimum absolute atomic E-state index is 0.0203. The van der Waals surface area contributed by atoms with Crippen LogP contribution in [0.1, 0.15) is 32.6 Å². The lowest BCUT2D eigenvalue weighted by atomic mass is 9.73. The van der Waals surface area contributed by atoms with Crippen LogP contribution in [0.25, 0.3) is 0 Å². The molecule has 3 rings (SSSR count). The van der Waals surface area contributed by atoms with Gasteiger partial charge in [0.05, 0.1) is 17.3 Å². The molecule has 9 heteroatoms. The maximum Gasteiger partial charge on any atom is 0.325 e. The number of nitrogens with zero attached hydrogens (tertiary/aromatic N) is 2. The van der Waals surface area contributed by atoms with Crippen LogP contribution in [-0.2, 0) is 14.4 Å². The second-order valence-electron chi connectivity index (χ2n) is 7.72. The summed E-state index contributed by atoms with van der Waals surface area (Å²) in [4.78, 5) is 52.2. The van der Waals surface area contributed by atoms with Crippen LogP contribution in [-0.4, -0.2) is 59.2 Å². The van der Waals surface area contributed by atoms with Gasteiger partial charge in [0.2, 0.25) is 11.8 Å². The van der Waals surface area contributed by atoms with Crippen molar-refractivity contribution in [3.63, 3.8) is 0 Å². The van der Waals surface area contributed by atoms with Gasteiger partial charge in [-0.25, -0.2) is 4.79 Å². The third-order valence-electron chi connectivity index (χ3n) is 5.75. The number of hydrogen-bond donors (Lipinski definition) is 2. The van der Waals surface area contributed by atoms with Gasteiger partial charge in [-0.05, 0) is 30.9 Å². The van der Waals surface area contributed by atoms with Gasteiger partial charge in [-0.1, -0.05) is 43.5 Å². The number of nitrogens with one attached hydrogen (secondary N) is 2. The van der Waals surface area contributed by atoms with Crippen molar-refractivity contribution in [3.8, 4) is 0 Å². The lowest BCUT2D eigenvalue weighted by molar-refractivity contribution is -0.140. The molecular weight excluding hydrogens is 396 g/mol. The molecule has 1 heterocycles. The predicted molar refractivity (Wildman–Crippen MR) is 108 cm³/mol. The topological polar surface area (TPSA) is 98.8 Å². The smallest absolute Gasteiger partial charge is 0.325 e. The Morgan fingerprint density at radius 3 is 2.72 bits per heavy atom. The highest BCUT2D eigenvalue weighted by Gasteiger charge is 2.55. The van der Waals surface area contributed by atoms with Crippen LogP contribution in [0.5, 0.6) is 0 Å². The molecule has 2 N–H and O–H groups in total. The highest BCUT2D eigenvalue weighted by molar-refractivity contribution is 6.33. The zero-order valence-electron chi connectivity index (χ0n) is 16.5. The number of urea groups is 1. The van der Waals surface area contributed by atoms with Gasteiger partial charge in [0, 0.05) is 7.05 Å². The molecule has 0 unspecified atom stereocenters. The number of para-hydroxylation sites is 1. The number of rotatable bonds is 5. The molecule has 2 fully saturated rings. The number of imide groups is 1. The zero-order valence-corrected chi connectivity index (χ0v) is 17.3. The summed E-state index contributed by atoms with van der Waals surface area (Å²) in [5, 5.41) is 5.84. The first kappa shape index (κ1) is 21.1. The second kappa shape index (κ2) is 8.41. The van der Waals surface area contributed by atoms with E-state index in [-0.39, 0.29) is 18.4 Å². The Labute approximate surface area is 174 Å². The lowest BCUT2D eigenvalue weighted by Gasteiger charge is -2.36. The highest BCUT2D eigenvalue weighted by Crippen LogP contribution is 2.38. The monoisotopic (exact) mass is 420 g/mol. The molecule has 1 aromatic carbocycles. The Kier molecular flexibility index (Phi) is 6.12. The van der Waals surface area contributed by atoms with E-state index in [0.717, 1.165) is 24.2 Å². The van der Waals surface area contributed by atoms with Crippen molar-refractivity contribution < 1.29 is 19.2 Å². The average Bonchev–Trinajstić information content (AvgIpc) is 2.91. The minimum atomic E-state index is -0.907. The van der Waals surface area contributed by atoms with E-state index in [9.17, 15) is 19.2 Å². The zero-order chi connectivity index (χ0) is 21.2. The van der Waals surface area contributed by atoms with Gasteiger partial charge >= 0.3 is 6.03 Å². The van der Waals surface area contributed by atoms with Gasteiger partial charge in [0.1, 0.15) is 12.1 Å². The van der Waals surface area contributed by atoms with Crippen molar-refractivity contribution in [2.24, 2.45) is 5.92 Å². The molecule has 8 nitrogen and oxygen atoms in total. The molecule has 1 aliphatic carbocycles. The predicted octanol–water partition coefficient (Wildman–Crippen LogP) is 2.24. The fourth-order valence-electron chi connectivity index (χ4n) is 3.95. The van der Waals surface area contributed by atoms with E-state index >= 15 is 0 Å². The Hall–Kier alpha value is -2.61. The first-order valence-corrected chi connectivity index (χ1v) is 10.0. The summed E-state index contributed by atoms with van der Waals surface area (Å²) in [6.45, 7) is 1.33. The molecule has 5 amide bonds. The summed E-state index contributed by atoms with van der Waals surface area (Å²) in [6.07, 6.45) is 3.32. The second-order valence-corrected chi connectivity index (χ2v) is 8.12. The summed E-state index contributed by atoms with van der Waals surface area (Å²) in [7, 11) is 1.45. The molecule has 1 saturated carbocycles. The molecule has 156 valence electrons. The maximum absolute atomic E-state index is 12.9. The fraction of sp³-hybridized carbons (Fsp3) is 0.500. The lowest BCUT2D eigenvalue weighted by Crippen LogP contribution is -2.54. The third-order valence-corrected chi connectivity index (χ3v) is 6.08. The van der Waals surface area contributed by atoms with Crippen LogP contribution in [0.2, 0.25) is 5.02 Å². The molecular formula is C20H25ClN4O4. The van der Waals surface area contributed by atoms with Gasteiger partial charge in [0.25, 0.3) is 5.91 Å². The van der Waals surface area contributed by atoms with Crippen molar-refractivity contribution >= 4 is 41.0 Å². The fourth-order valence-corrected chi connectivity index (χ4v) is 4.13. The number of anilines is 1. The van der Waals surface area contributed by atoms with E-state index in [1.54, 1.807) is 24.3 Å². The van der Waals surface area contributed by atoms with Crippen LogP contribution in [0.15, 0.2) is 24.3 Å². The Balaban J connectivity index is 1.59. The van der Waals surface area contributed by atoms with E-state index in [1.165, 1.54) is 11.9 Å². The summed E-state index contributed by atoms with van der Waals surface area (Å²) in [5.41, 5.74) is -0.461. The maximum atomic E-state index is 12.9. The summed E-state index contributed by atoms with van der Waals surface area (Å²) < 4.78 is 0. The number of hydrogen-bond acceptors (Lipinski definition) is 4. The molecule has 1 spiro atoms. The molecule has 0 radical (unpaired) electrons. The Morgan fingerprint density at radius 1 is 1.31 bits per heavy atom. The van der Waals surface area contributed by atoms with Crippen LogP contribution < -0.4 is 10.6 Å². The molecule has 1 saturated heterocycles. The van der Waals surface area contributed by atoms with Gasteiger partial charge in [-0.3, -0.25) is 19.3 Å². The van der Waals surface area contributed by atoms with Crippen LogP contribution in [0.4, 0.5) is 10.5 Å². The average molecular weight is 421 g/mol. The number of carbonyl (C=O) groups is 4. The van der Waals surface area contributed by atoms with E-state index in [1.807, 2.05) is 6.92 Å². The van der Waals surface area contributed by atoms with Crippen molar-refractivity contribution in [3.05, 3.63) is 29.3 Å². The standard InChI is InChI=1S/C20H25ClN4O4/c1-13-7-5-6-10-20(13)18(28)25(19(29)23-20)12-17(27)24(2)11-16(26)22-15-9-4-3-8-14(15)21/h3-4,8-9,13H,5-7,10-12H2,1-2H3,(H,22,26)(H,23,29)/t13-,20+/m1/s1. The highest BCUT2D eigenvalue weighted by atomic mass is 35.5. The number of halogens is 1. The Morgan fingerprint density at radius 2 is 2.03 bits per heavy atom. The van der Waals surface area contributed by atoms with Crippen molar-refractivity contribution in [2.45, 2.75) is 38.1 Å². The van der Waals surface area contributed by atoms with Crippen LogP contribution in [0.3, 0.4) is 0 Å². The largest absolute Gasteiger partial charge is 0.335 e. The summed E-state index contributed by atoms with van der Waals surface area (Å²) in [5.74, 6) is -1.25. The van der Waals surface area contributed by atoms with E-state index in [0.29, 0.717) is 17.1 Å². The van der Waals surface area contributed by atoms with Crippen LogP contribution in [0, 0.1) is 5.92 Å². The molecule has 1 aliphatic heterocycles. The molecule has 0 aromatic heterocycles. The number of amides is 5. The molecule has 2 aliphatic rings. The number of carbonyl (C=O) groups excluding carboxylic acids is 4. The van der Waals surface area contributed by atoms with Crippen LogP contribution >= 0.6 is 11.6 Å². The van der Waals surface area contributed by atoms with Crippen molar-refractivity contribution in [1.29, 1.82) is 0 Å². The molecule has 1 aromatic rings. The normalized spacial score (nSPS) is 23.8. The van der Waals surface area contributed by atoms with Gasteiger partial charge in [-0.2, -0.15) is 0 Å². The van der Waals surface area contributed by atoms with Crippen molar-refractivity contribution in [1.82, 2.24) is 15.1 Å². The number of benzene rings is 1. The quantitative estimate of drug-likeness (QED) is 0.713. The van der Waals surface area contributed by atoms with Gasteiger partial charge < -0.3 is 15.5 Å². The van der Waals surface area contributed by atoms with E-state index < -0.39 is 29.9 Å². The molecule has 0 bridgehead atoms. The number of likely N-dealkylation sites (N-methyl/N-ethyl adjacent to an activating group) is 1. The van der Waals surface area contributed by atoms with E-state index in [4.69, 9.17) is 11.6 Å². The van der Waals surface area contributed by atoms with Gasteiger partial charge in [0.15, 0.2) is 0 Å². The molecule has 2 atom stereocenters. The van der Waals surface area contributed by atoms with Crippen molar-refractivity contribution in [2.75, 3.05) is 25.5 Å². The SMILES string of the molecule is C[C@@H]1CCCC[C@]12NC(=O)N(CC(=O)N(C)CC(=O)Nc1ccccc1Cl)C2=O. The minimum Gasteiger partial charge on any atom is -0.335 e. The first-order valence-electron chi connectivity index (χ1n) is 9.67.